The first kappa shape index (κ1) is 43.0. The second kappa shape index (κ2) is 20.0. The van der Waals surface area contributed by atoms with Gasteiger partial charge in [0.2, 0.25) is 0 Å². The fourth-order valence-electron chi connectivity index (χ4n) is 4.69. The average molecular weight is 750 g/mol. The SMILES string of the molecule is COC1=C(C)ONC=C1C.COc1ccc2[n-]c(S(=O)Cc3ncc(C)c(OC)c3C)nc2c1.O.[CH2]CS(=O)c1nc2cc(OC)ccc2[n-]1.[Mg+2]. The molecule has 0 saturated heterocycles. The van der Waals surface area contributed by atoms with Gasteiger partial charge in [0.05, 0.1) is 50.7 Å². The number of hydrogen-bond acceptors (Lipinski definition) is 11. The molecule has 0 bridgehead atoms. The summed E-state index contributed by atoms with van der Waals surface area (Å²) in [5.41, 5.74) is 9.06. The molecule has 0 saturated carbocycles. The normalized spacial score (nSPS) is 13.0. The Labute approximate surface area is 318 Å². The van der Waals surface area contributed by atoms with E-state index in [4.69, 9.17) is 23.8 Å². The number of allylic oxidation sites excluding steroid dienone is 2. The Morgan fingerprint density at radius 2 is 1.37 bits per heavy atom. The van der Waals surface area contributed by atoms with Crippen LogP contribution in [-0.4, -0.2) is 86.1 Å². The number of methoxy groups -OCH3 is 4. The van der Waals surface area contributed by atoms with E-state index in [9.17, 15) is 8.42 Å². The summed E-state index contributed by atoms with van der Waals surface area (Å²) in [6.45, 7) is 11.2. The number of nitrogens with zero attached hydrogens (tertiary/aromatic N) is 5. The van der Waals surface area contributed by atoms with Crippen molar-refractivity contribution in [1.82, 2.24) is 30.4 Å². The fraction of sp³-hybridized carbons (Fsp3) is 0.294. The van der Waals surface area contributed by atoms with Crippen LogP contribution in [0.25, 0.3) is 22.1 Å². The van der Waals surface area contributed by atoms with E-state index < -0.39 is 21.6 Å². The van der Waals surface area contributed by atoms with Crippen LogP contribution in [0.2, 0.25) is 0 Å². The van der Waals surface area contributed by atoms with Crippen molar-refractivity contribution in [2.45, 2.75) is 43.8 Å². The third-order valence-electron chi connectivity index (χ3n) is 7.21. The van der Waals surface area contributed by atoms with Gasteiger partial charge in [0, 0.05) is 62.9 Å². The Hall–Kier alpha value is -4.16. The van der Waals surface area contributed by atoms with Gasteiger partial charge < -0.3 is 49.2 Å². The number of rotatable bonds is 9. The molecule has 51 heavy (non-hydrogen) atoms. The monoisotopic (exact) mass is 749 g/mol. The van der Waals surface area contributed by atoms with E-state index in [-0.39, 0.29) is 40.0 Å². The second-order valence-corrected chi connectivity index (χ2v) is 13.3. The summed E-state index contributed by atoms with van der Waals surface area (Å²) < 4.78 is 44.8. The van der Waals surface area contributed by atoms with Crippen molar-refractivity contribution in [3.05, 3.63) is 89.6 Å². The molecular weight excluding hydrogens is 709 g/mol. The number of aromatic nitrogens is 5. The molecule has 0 fully saturated rings. The van der Waals surface area contributed by atoms with Gasteiger partial charge in [-0.1, -0.05) is 12.1 Å². The Bertz CT molecular complexity index is 2050. The van der Waals surface area contributed by atoms with Crippen LogP contribution in [0.1, 0.15) is 30.7 Å². The summed E-state index contributed by atoms with van der Waals surface area (Å²) in [5, 5.41) is 0.646. The van der Waals surface area contributed by atoms with Gasteiger partial charge in [0.25, 0.3) is 0 Å². The average Bonchev–Trinajstić information content (AvgIpc) is 3.74. The minimum Gasteiger partial charge on any atom is -0.497 e. The van der Waals surface area contributed by atoms with Crippen molar-refractivity contribution in [1.29, 1.82) is 0 Å². The zero-order chi connectivity index (χ0) is 35.7. The smallest absolute Gasteiger partial charge is 0.497 e. The first-order valence-corrected chi connectivity index (χ1v) is 17.5. The molecule has 4 heterocycles. The molecule has 3 N–H and O–H groups in total. The van der Waals surface area contributed by atoms with Gasteiger partial charge in [-0.15, -0.1) is 0 Å². The molecule has 1 radical (unpaired) electrons. The summed E-state index contributed by atoms with van der Waals surface area (Å²) >= 11 is 0. The summed E-state index contributed by atoms with van der Waals surface area (Å²) in [7, 11) is 3.84. The summed E-state index contributed by atoms with van der Waals surface area (Å²) in [4.78, 5) is 26.4. The van der Waals surface area contributed by atoms with Crippen LogP contribution in [0.5, 0.6) is 17.2 Å². The van der Waals surface area contributed by atoms with Gasteiger partial charge in [-0.05, 0) is 74.0 Å². The van der Waals surface area contributed by atoms with Crippen LogP contribution in [0.4, 0.5) is 0 Å². The first-order valence-electron chi connectivity index (χ1n) is 14.9. The molecule has 2 atom stereocenters. The Balaban J connectivity index is 0.000000286. The molecule has 1 aliphatic heterocycles. The van der Waals surface area contributed by atoms with Gasteiger partial charge >= 0.3 is 23.1 Å². The number of hydroxylamine groups is 1. The van der Waals surface area contributed by atoms with Crippen LogP contribution in [0.15, 0.2) is 76.2 Å². The zero-order valence-electron chi connectivity index (χ0n) is 29.9. The van der Waals surface area contributed by atoms with Crippen LogP contribution >= 0.6 is 0 Å². The largest absolute Gasteiger partial charge is 2.00 e. The molecule has 0 spiro atoms. The third kappa shape index (κ3) is 10.7. The maximum Gasteiger partial charge on any atom is 2.00 e. The van der Waals surface area contributed by atoms with Gasteiger partial charge in [-0.2, -0.15) is 0 Å². The Kier molecular flexibility index (Phi) is 16.9. The molecule has 269 valence electrons. The maximum atomic E-state index is 12.6. The second-order valence-electron chi connectivity index (χ2n) is 10.4. The van der Waals surface area contributed by atoms with E-state index in [0.717, 1.165) is 45.2 Å². The zero-order valence-corrected chi connectivity index (χ0v) is 32.9. The minimum atomic E-state index is -1.38. The Morgan fingerprint density at radius 3 is 1.82 bits per heavy atom. The molecule has 2 unspecified atom stereocenters. The predicted octanol–water partition coefficient (Wildman–Crippen LogP) is 3.77. The topological polar surface area (TPSA) is 191 Å². The number of hydrogen-bond donors (Lipinski definition) is 1. The van der Waals surface area contributed by atoms with Crippen molar-refractivity contribution in [2.75, 3.05) is 34.2 Å². The number of nitrogens with one attached hydrogen (secondary N) is 1. The molecular formula is C34H41MgN6O8S2. The fourth-order valence-corrected chi connectivity index (χ4v) is 6.34. The summed E-state index contributed by atoms with van der Waals surface area (Å²) in [6, 6.07) is 10.8. The van der Waals surface area contributed by atoms with Gasteiger partial charge in [-0.3, -0.25) is 13.4 Å². The minimum absolute atomic E-state index is 0. The number of imidazole rings is 2. The van der Waals surface area contributed by atoms with Gasteiger partial charge in [-0.25, -0.2) is 5.48 Å². The van der Waals surface area contributed by atoms with E-state index in [1.165, 1.54) is 0 Å². The first-order chi connectivity index (χ1) is 23.5. The molecule has 1 aliphatic rings. The van der Waals surface area contributed by atoms with Crippen LogP contribution < -0.4 is 29.7 Å². The molecule has 6 rings (SSSR count). The molecule has 17 heteroatoms. The van der Waals surface area contributed by atoms with Crippen molar-refractivity contribution in [3.8, 4) is 17.2 Å². The Morgan fingerprint density at radius 1 is 0.824 bits per heavy atom. The number of benzene rings is 2. The van der Waals surface area contributed by atoms with Crippen LogP contribution in [-0.2, 0) is 36.9 Å². The standard InChI is InChI=1S/C17H18N3O3S.C10H10N2O2S.C7H11NO2.Mg.H2O/c1-10-8-18-15(11(2)16(10)23-4)9-24(21)17-19-13-6-5-12(22-3)7-14(13)20-17;1-3-15(13)10-11-8-5-4-7(14-2)6-9(8)12-10;1-5-4-8-10-6(2)7(5)9-3;;/h5-8H,9H2,1-4H3;4-6H,1,3H2,2H3;4,8H,1-3H3;;1H2/q2*-1;;+2;. The van der Waals surface area contributed by atoms with Gasteiger partial charge in [0.15, 0.2) is 11.5 Å². The number of fused-ring (bicyclic) bond motifs is 2. The van der Waals surface area contributed by atoms with Crippen molar-refractivity contribution < 1.29 is 37.7 Å². The third-order valence-corrected chi connectivity index (χ3v) is 9.30. The number of pyridine rings is 1. The van der Waals surface area contributed by atoms with Crippen LogP contribution in [0.3, 0.4) is 0 Å². The maximum absolute atomic E-state index is 12.6. The van der Waals surface area contributed by atoms with Gasteiger partial charge in [0.1, 0.15) is 17.2 Å². The predicted molar refractivity (Wildman–Crippen MR) is 197 cm³/mol. The molecule has 3 aromatic heterocycles. The number of ether oxygens (including phenoxy) is 4. The molecule has 0 aliphatic carbocycles. The molecule has 5 aromatic rings. The van der Waals surface area contributed by atoms with Crippen molar-refractivity contribution in [3.63, 3.8) is 0 Å². The summed E-state index contributed by atoms with van der Waals surface area (Å²) in [6.07, 6.45) is 3.48. The van der Waals surface area contributed by atoms with Crippen molar-refractivity contribution in [2.24, 2.45) is 0 Å². The van der Waals surface area contributed by atoms with E-state index in [2.05, 4.69) is 37.3 Å². The van der Waals surface area contributed by atoms with E-state index >= 15 is 0 Å². The molecule has 14 nitrogen and oxygen atoms in total. The van der Waals surface area contributed by atoms with E-state index in [1.54, 1.807) is 77.2 Å². The quantitative estimate of drug-likeness (QED) is 0.215. The number of aryl methyl sites for hydroxylation is 1. The molecule has 2 aromatic carbocycles. The van der Waals surface area contributed by atoms with Crippen LogP contribution in [0, 0.1) is 20.8 Å². The molecule has 0 amide bonds. The van der Waals surface area contributed by atoms with E-state index in [0.29, 0.717) is 38.4 Å². The summed E-state index contributed by atoms with van der Waals surface area (Å²) in [5.74, 6) is 4.29. The van der Waals surface area contributed by atoms with Crippen molar-refractivity contribution >= 4 is 66.7 Å². The van der Waals surface area contributed by atoms with E-state index in [1.807, 2.05) is 27.7 Å².